The summed E-state index contributed by atoms with van der Waals surface area (Å²) < 4.78 is 0. The van der Waals surface area contributed by atoms with Gasteiger partial charge in [0.05, 0.1) is 17.1 Å². The minimum atomic E-state index is -0.343. The molecule has 2 amide bonds. The largest absolute Gasteiger partial charge is 0.337 e. The molecule has 1 fully saturated rings. The van der Waals surface area contributed by atoms with Gasteiger partial charge in [0.25, 0.3) is 5.91 Å². The van der Waals surface area contributed by atoms with E-state index in [1.165, 1.54) is 34.7 Å². The van der Waals surface area contributed by atoms with Crippen LogP contribution in [0.5, 0.6) is 0 Å². The minimum absolute atomic E-state index is 0.0195. The second-order valence-electron chi connectivity index (χ2n) is 7.01. The summed E-state index contributed by atoms with van der Waals surface area (Å²) in [6.45, 7) is 1.20. The number of likely N-dealkylation sites (tertiary alicyclic amines) is 1. The maximum Gasteiger partial charge on any atom is 0.264 e. The number of likely N-dealkylation sites (N-methyl/N-ethyl adjacent to an activating group) is 1. The van der Waals surface area contributed by atoms with Crippen LogP contribution in [0.3, 0.4) is 0 Å². The molecule has 2 aliphatic rings. The zero-order chi connectivity index (χ0) is 18.1. The molecule has 1 saturated heterocycles. The number of rotatable bonds is 4. The number of carbonyl (C=O) groups excluding carboxylic acids is 2. The van der Waals surface area contributed by atoms with Crippen LogP contribution in [0, 0.1) is 0 Å². The van der Waals surface area contributed by atoms with Crippen molar-refractivity contribution in [2.45, 2.75) is 51.1 Å². The van der Waals surface area contributed by atoms with E-state index in [0.29, 0.717) is 18.0 Å². The summed E-state index contributed by atoms with van der Waals surface area (Å²) >= 11 is 3.18. The number of carbonyl (C=O) groups is 2. The Hall–Kier alpha value is -1.73. The van der Waals surface area contributed by atoms with Gasteiger partial charge in [0.15, 0.2) is 0 Å². The number of hydrogen-bond acceptors (Lipinski definition) is 5. The van der Waals surface area contributed by atoms with Crippen LogP contribution in [-0.4, -0.2) is 46.2 Å². The number of thiophene rings is 1. The molecule has 0 unspecified atom stereocenters. The molecule has 3 heterocycles. The van der Waals surface area contributed by atoms with Gasteiger partial charge in [-0.2, -0.15) is 0 Å². The first-order valence-electron chi connectivity index (χ1n) is 9.20. The number of fused-ring (bicyclic) bond motifs is 1. The molecule has 0 aromatic carbocycles. The van der Waals surface area contributed by atoms with Crippen molar-refractivity contribution in [3.8, 4) is 0 Å². The Kier molecular flexibility index (Phi) is 5.09. The Morgan fingerprint density at radius 1 is 1.31 bits per heavy atom. The topological polar surface area (TPSA) is 53.5 Å². The average molecular weight is 390 g/mol. The van der Waals surface area contributed by atoms with Gasteiger partial charge in [-0.15, -0.1) is 22.7 Å². The van der Waals surface area contributed by atoms with E-state index in [4.69, 9.17) is 4.98 Å². The molecule has 138 valence electrons. The van der Waals surface area contributed by atoms with E-state index in [2.05, 4.69) is 0 Å². The lowest BCUT2D eigenvalue weighted by molar-refractivity contribution is -0.134. The Bertz CT molecular complexity index is 776. The second-order valence-corrected chi connectivity index (χ2v) is 9.13. The lowest BCUT2D eigenvalue weighted by Crippen LogP contribution is -2.46. The summed E-state index contributed by atoms with van der Waals surface area (Å²) in [7, 11) is 1.83. The fourth-order valence-electron chi connectivity index (χ4n) is 3.82. The van der Waals surface area contributed by atoms with Gasteiger partial charge in [-0.3, -0.25) is 9.59 Å². The van der Waals surface area contributed by atoms with E-state index in [0.717, 1.165) is 30.7 Å². The Morgan fingerprint density at radius 2 is 2.15 bits per heavy atom. The van der Waals surface area contributed by atoms with Crippen LogP contribution < -0.4 is 0 Å². The van der Waals surface area contributed by atoms with Crippen molar-refractivity contribution in [1.29, 1.82) is 0 Å². The standard InChI is InChI=1S/C19H23N3O2S2/c1-21(12-17-20-13-6-2-3-8-15(13)26-17)18(23)14-7-4-10-22(14)19(24)16-9-5-11-25-16/h5,9,11,14H,2-4,6-8,10,12H2,1H3/t14-/m0/s1. The maximum atomic E-state index is 13.0. The molecule has 0 bridgehead atoms. The third-order valence-corrected chi connectivity index (χ3v) is 7.17. The zero-order valence-corrected chi connectivity index (χ0v) is 16.6. The fraction of sp³-hybridized carbons (Fsp3) is 0.526. The SMILES string of the molecule is CN(Cc1nc2c(s1)CCCC2)C(=O)[C@@H]1CCCN1C(=O)c1cccs1. The van der Waals surface area contributed by atoms with Crippen LogP contribution in [0.25, 0.3) is 0 Å². The lowest BCUT2D eigenvalue weighted by atomic mass is 10.0. The van der Waals surface area contributed by atoms with Crippen LogP contribution in [0.15, 0.2) is 17.5 Å². The number of nitrogens with zero attached hydrogens (tertiary/aromatic N) is 3. The molecule has 2 aromatic heterocycles. The quantitative estimate of drug-likeness (QED) is 0.806. The molecule has 26 heavy (non-hydrogen) atoms. The third kappa shape index (κ3) is 3.42. The van der Waals surface area contributed by atoms with Crippen molar-refractivity contribution in [2.24, 2.45) is 0 Å². The Labute approximate surface area is 161 Å². The van der Waals surface area contributed by atoms with Gasteiger partial charge in [0.1, 0.15) is 11.0 Å². The van der Waals surface area contributed by atoms with Gasteiger partial charge in [0.2, 0.25) is 5.91 Å². The monoisotopic (exact) mass is 389 g/mol. The van der Waals surface area contributed by atoms with Gasteiger partial charge in [0, 0.05) is 18.5 Å². The number of thiazole rings is 1. The van der Waals surface area contributed by atoms with E-state index in [-0.39, 0.29) is 17.9 Å². The first kappa shape index (κ1) is 17.7. The summed E-state index contributed by atoms with van der Waals surface area (Å²) in [6, 6.07) is 3.36. The van der Waals surface area contributed by atoms with E-state index in [1.54, 1.807) is 21.1 Å². The highest BCUT2D eigenvalue weighted by Gasteiger charge is 2.36. The summed E-state index contributed by atoms with van der Waals surface area (Å²) in [5.41, 5.74) is 1.23. The van der Waals surface area contributed by atoms with Crippen molar-refractivity contribution in [1.82, 2.24) is 14.8 Å². The third-order valence-electron chi connectivity index (χ3n) is 5.17. The number of aryl methyl sites for hydroxylation is 2. The summed E-state index contributed by atoms with van der Waals surface area (Å²) in [5, 5.41) is 2.91. The van der Waals surface area contributed by atoms with Gasteiger partial charge in [-0.05, 0) is 50.0 Å². The molecule has 0 spiro atoms. The van der Waals surface area contributed by atoms with Crippen LogP contribution in [-0.2, 0) is 24.2 Å². The van der Waals surface area contributed by atoms with Crippen molar-refractivity contribution in [3.05, 3.63) is 38.0 Å². The van der Waals surface area contributed by atoms with E-state index >= 15 is 0 Å². The van der Waals surface area contributed by atoms with Crippen LogP contribution in [0.2, 0.25) is 0 Å². The first-order chi connectivity index (χ1) is 12.6. The molecular formula is C19H23N3O2S2. The van der Waals surface area contributed by atoms with Crippen molar-refractivity contribution in [2.75, 3.05) is 13.6 Å². The van der Waals surface area contributed by atoms with E-state index in [1.807, 2.05) is 24.6 Å². The lowest BCUT2D eigenvalue weighted by Gasteiger charge is -2.27. The molecule has 7 heteroatoms. The first-order valence-corrected chi connectivity index (χ1v) is 10.9. The summed E-state index contributed by atoms with van der Waals surface area (Å²) in [6.07, 6.45) is 6.27. The number of aromatic nitrogens is 1. The number of hydrogen-bond donors (Lipinski definition) is 0. The van der Waals surface area contributed by atoms with Crippen LogP contribution >= 0.6 is 22.7 Å². The molecule has 4 rings (SSSR count). The molecule has 1 aliphatic heterocycles. The predicted molar refractivity (Wildman–Crippen MR) is 104 cm³/mol. The molecule has 1 atom stereocenters. The minimum Gasteiger partial charge on any atom is -0.337 e. The predicted octanol–water partition coefficient (Wildman–Crippen LogP) is 3.35. The molecule has 0 saturated carbocycles. The maximum absolute atomic E-state index is 13.0. The highest BCUT2D eigenvalue weighted by Crippen LogP contribution is 2.28. The van der Waals surface area contributed by atoms with Crippen molar-refractivity contribution >= 4 is 34.5 Å². The summed E-state index contributed by atoms with van der Waals surface area (Å²) in [5.74, 6) is 0.00883. The van der Waals surface area contributed by atoms with Gasteiger partial charge in [-0.1, -0.05) is 6.07 Å². The van der Waals surface area contributed by atoms with Gasteiger partial charge >= 0.3 is 0 Å². The molecule has 5 nitrogen and oxygen atoms in total. The zero-order valence-electron chi connectivity index (χ0n) is 14.9. The molecule has 2 aromatic rings. The van der Waals surface area contributed by atoms with Crippen LogP contribution in [0.4, 0.5) is 0 Å². The molecule has 1 aliphatic carbocycles. The van der Waals surface area contributed by atoms with E-state index in [9.17, 15) is 9.59 Å². The number of amides is 2. The van der Waals surface area contributed by atoms with Crippen LogP contribution in [0.1, 0.15) is 50.9 Å². The Morgan fingerprint density at radius 3 is 2.92 bits per heavy atom. The van der Waals surface area contributed by atoms with E-state index < -0.39 is 0 Å². The summed E-state index contributed by atoms with van der Waals surface area (Å²) in [4.78, 5) is 36.0. The second kappa shape index (κ2) is 7.48. The van der Waals surface area contributed by atoms with Gasteiger partial charge < -0.3 is 9.80 Å². The molecule has 0 N–H and O–H groups in total. The highest BCUT2D eigenvalue weighted by molar-refractivity contribution is 7.12. The van der Waals surface area contributed by atoms with Crippen molar-refractivity contribution < 1.29 is 9.59 Å². The smallest absolute Gasteiger partial charge is 0.264 e. The fourth-order valence-corrected chi connectivity index (χ4v) is 5.71. The van der Waals surface area contributed by atoms with Crippen molar-refractivity contribution in [3.63, 3.8) is 0 Å². The average Bonchev–Trinajstić information content (AvgIpc) is 3.39. The Balaban J connectivity index is 1.44. The normalized spacial score (nSPS) is 19.4. The molecule has 0 radical (unpaired) electrons. The van der Waals surface area contributed by atoms with Gasteiger partial charge in [-0.25, -0.2) is 4.98 Å². The highest BCUT2D eigenvalue weighted by atomic mass is 32.1. The molecular weight excluding hydrogens is 366 g/mol.